The van der Waals surface area contributed by atoms with E-state index < -0.39 is 69.1 Å². The van der Waals surface area contributed by atoms with Crippen LogP contribution in [0.3, 0.4) is 0 Å². The highest BCUT2D eigenvalue weighted by Crippen LogP contribution is 2.49. The Kier molecular flexibility index (Phi) is 8.74. The number of rotatable bonds is 9. The number of piperidine rings is 2. The number of nitrogens with one attached hydrogen (secondary N) is 3. The van der Waals surface area contributed by atoms with Crippen LogP contribution in [0.4, 0.5) is 18.9 Å². The molecule has 14 heteroatoms. The van der Waals surface area contributed by atoms with Gasteiger partial charge in [0.1, 0.15) is 6.04 Å². The molecule has 3 saturated heterocycles. The van der Waals surface area contributed by atoms with Gasteiger partial charge in [0.2, 0.25) is 32.7 Å². The second-order valence-electron chi connectivity index (χ2n) is 10.7. The number of fused-ring (bicyclic) bond motifs is 3. The van der Waals surface area contributed by atoms with Crippen LogP contribution in [0, 0.1) is 18.8 Å². The van der Waals surface area contributed by atoms with Crippen molar-refractivity contribution in [3.8, 4) is 0 Å². The van der Waals surface area contributed by atoms with Crippen molar-refractivity contribution in [2.24, 2.45) is 11.8 Å². The molecule has 0 radical (unpaired) electrons. The quantitative estimate of drug-likeness (QED) is 0.398. The van der Waals surface area contributed by atoms with Crippen molar-refractivity contribution in [1.82, 2.24) is 15.5 Å². The topological polar surface area (TPSA) is 125 Å². The minimum absolute atomic E-state index is 0.00357. The maximum Gasteiger partial charge on any atom is 0.255 e. The molecule has 3 amide bonds. The smallest absolute Gasteiger partial charge is 0.255 e. The molecule has 1 aromatic carbocycles. The first-order valence-electron chi connectivity index (χ1n) is 13.0. The summed E-state index contributed by atoms with van der Waals surface area (Å²) >= 11 is 6.14. The summed E-state index contributed by atoms with van der Waals surface area (Å²) in [6, 6.07) is 1.34. The van der Waals surface area contributed by atoms with Gasteiger partial charge in [-0.1, -0.05) is 17.7 Å². The predicted molar refractivity (Wildman–Crippen MR) is 143 cm³/mol. The fourth-order valence-electron chi connectivity index (χ4n) is 5.82. The Morgan fingerprint density at radius 3 is 2.62 bits per heavy atom. The molecule has 3 N–H and O–H groups in total. The summed E-state index contributed by atoms with van der Waals surface area (Å²) < 4.78 is 67.9. The van der Waals surface area contributed by atoms with Crippen LogP contribution in [0.25, 0.3) is 0 Å². The van der Waals surface area contributed by atoms with E-state index in [0.29, 0.717) is 48.0 Å². The lowest BCUT2D eigenvalue weighted by Crippen LogP contribution is -2.69. The summed E-state index contributed by atoms with van der Waals surface area (Å²) in [4.78, 5) is 40.3. The van der Waals surface area contributed by atoms with Gasteiger partial charge in [-0.15, -0.1) is 0 Å². The second kappa shape index (κ2) is 11.6. The highest BCUT2D eigenvalue weighted by atomic mass is 35.5. The zero-order valence-electron chi connectivity index (χ0n) is 22.1. The zero-order valence-corrected chi connectivity index (χ0v) is 23.6. The van der Waals surface area contributed by atoms with Crippen LogP contribution in [0.1, 0.15) is 37.7 Å². The van der Waals surface area contributed by atoms with Gasteiger partial charge in [0.05, 0.1) is 18.5 Å². The normalized spacial score (nSPS) is 26.8. The van der Waals surface area contributed by atoms with Crippen LogP contribution < -0.4 is 16.0 Å². The van der Waals surface area contributed by atoms with Crippen molar-refractivity contribution in [1.29, 1.82) is 0 Å². The molecule has 2 bridgehead atoms. The first-order chi connectivity index (χ1) is 18.7. The Labute approximate surface area is 235 Å². The van der Waals surface area contributed by atoms with Gasteiger partial charge in [-0.05, 0) is 56.4 Å². The molecule has 4 aliphatic rings. The third-order valence-electron chi connectivity index (χ3n) is 7.91. The lowest BCUT2D eigenvalue weighted by Gasteiger charge is -2.53. The van der Waals surface area contributed by atoms with Crippen LogP contribution in [-0.4, -0.2) is 74.4 Å². The summed E-state index contributed by atoms with van der Waals surface area (Å²) in [7, 11) is -4.26. The summed E-state index contributed by atoms with van der Waals surface area (Å²) in [5.74, 6) is -7.20. The van der Waals surface area contributed by atoms with Crippen LogP contribution in [0.2, 0.25) is 5.02 Å². The molecule has 1 aliphatic carbocycles. The molecule has 4 fully saturated rings. The Morgan fingerprint density at radius 1 is 1.27 bits per heavy atom. The summed E-state index contributed by atoms with van der Waals surface area (Å²) in [6.07, 6.45) is 1.27. The standard InChI is InChI=1S/C26H32ClF3N4O5S/c1-14-19(27)4-3-5-20(14)32-13-22(35)34-17-6-7-18(26(29,30)12-17)23(34)25(37)33-16(11-21(28)40(2,38)39)10-15-8-9-31-24(15)36/h3-5,11,15-18,23,32H,6-10,12-13H2,1-2H3,(H,31,36)(H,33,37)/b21-11+/t15-,16+,17+,18+,23-/m1/s1. The summed E-state index contributed by atoms with van der Waals surface area (Å²) in [5, 5.41) is 7.01. The Balaban J connectivity index is 1.59. The molecule has 0 unspecified atom stereocenters. The Morgan fingerprint density at radius 2 is 2.00 bits per heavy atom. The van der Waals surface area contributed by atoms with Gasteiger partial charge in [-0.25, -0.2) is 17.2 Å². The lowest BCUT2D eigenvalue weighted by molar-refractivity contribution is -0.193. The lowest BCUT2D eigenvalue weighted by atomic mass is 9.71. The SMILES string of the molecule is Cc1c(Cl)cccc1NCC(=O)N1[C@H]2CC[C@@H]([C@@H]1C(=O)N[C@H](/C=C(\F)S(C)(=O)=O)C[C@H]1CCNC1=O)C(F)(F)C2. The number of benzene rings is 1. The zero-order chi connectivity index (χ0) is 29.4. The van der Waals surface area contributed by atoms with E-state index >= 15 is 8.78 Å². The van der Waals surface area contributed by atoms with E-state index in [9.17, 15) is 27.2 Å². The number of halogens is 4. The minimum Gasteiger partial charge on any atom is -0.376 e. The van der Waals surface area contributed by atoms with Crippen molar-refractivity contribution in [2.45, 2.75) is 63.1 Å². The molecular weight excluding hydrogens is 573 g/mol. The maximum absolute atomic E-state index is 15.0. The number of alkyl halides is 2. The van der Waals surface area contributed by atoms with E-state index in [4.69, 9.17) is 11.6 Å². The highest BCUT2D eigenvalue weighted by molar-refractivity contribution is 7.94. The molecule has 3 aliphatic heterocycles. The van der Waals surface area contributed by atoms with Gasteiger partial charge in [0.25, 0.3) is 5.92 Å². The number of hydrogen-bond acceptors (Lipinski definition) is 6. The first-order valence-corrected chi connectivity index (χ1v) is 15.3. The van der Waals surface area contributed by atoms with Gasteiger partial charge in [-0.3, -0.25) is 14.4 Å². The molecule has 5 rings (SSSR count). The number of carbonyl (C=O) groups is 3. The van der Waals surface area contributed by atoms with Gasteiger partial charge in [0.15, 0.2) is 0 Å². The van der Waals surface area contributed by atoms with Crippen LogP contribution in [0.15, 0.2) is 29.4 Å². The highest BCUT2D eigenvalue weighted by Gasteiger charge is 2.60. The van der Waals surface area contributed by atoms with Gasteiger partial charge >= 0.3 is 0 Å². The third-order valence-corrected chi connectivity index (χ3v) is 9.16. The molecule has 0 spiro atoms. The van der Waals surface area contributed by atoms with Crippen LogP contribution in [-0.2, 0) is 24.2 Å². The second-order valence-corrected chi connectivity index (χ2v) is 13.0. The monoisotopic (exact) mass is 604 g/mol. The molecule has 1 aromatic rings. The number of carbonyl (C=O) groups excluding carboxylic acids is 3. The number of nitrogens with zero attached hydrogens (tertiary/aromatic N) is 1. The fraction of sp³-hybridized carbons (Fsp3) is 0.577. The fourth-order valence-corrected chi connectivity index (χ4v) is 6.41. The largest absolute Gasteiger partial charge is 0.376 e. The first kappa shape index (κ1) is 30.2. The number of sulfone groups is 1. The van der Waals surface area contributed by atoms with E-state index in [1.807, 2.05) is 0 Å². The number of anilines is 1. The van der Waals surface area contributed by atoms with Crippen molar-refractivity contribution in [3.63, 3.8) is 0 Å². The van der Waals surface area contributed by atoms with Gasteiger partial charge in [0, 0.05) is 41.9 Å². The van der Waals surface area contributed by atoms with Crippen molar-refractivity contribution >= 4 is 44.8 Å². The summed E-state index contributed by atoms with van der Waals surface area (Å²) in [5.41, 5.74) is 1.27. The van der Waals surface area contributed by atoms with Crippen molar-refractivity contribution in [3.05, 3.63) is 40.0 Å². The summed E-state index contributed by atoms with van der Waals surface area (Å²) in [6.45, 7) is 1.83. The number of amides is 3. The molecule has 3 heterocycles. The molecule has 40 heavy (non-hydrogen) atoms. The molecule has 9 nitrogen and oxygen atoms in total. The average molecular weight is 605 g/mol. The van der Waals surface area contributed by atoms with Gasteiger partial charge < -0.3 is 20.9 Å². The van der Waals surface area contributed by atoms with Crippen LogP contribution in [0.5, 0.6) is 0 Å². The molecule has 5 atom stereocenters. The average Bonchev–Trinajstić information content (AvgIpc) is 3.27. The third kappa shape index (κ3) is 6.40. The molecule has 220 valence electrons. The van der Waals surface area contributed by atoms with Crippen molar-refractivity contribution in [2.75, 3.05) is 24.7 Å². The molecule has 1 saturated carbocycles. The number of hydrogen-bond donors (Lipinski definition) is 3. The maximum atomic E-state index is 15.0. The Bertz CT molecular complexity index is 1330. The van der Waals surface area contributed by atoms with Crippen molar-refractivity contribution < 1.29 is 36.0 Å². The van der Waals surface area contributed by atoms with Crippen LogP contribution >= 0.6 is 11.6 Å². The molecular formula is C26H32ClF3N4O5S. The van der Waals surface area contributed by atoms with E-state index in [1.54, 1.807) is 25.1 Å². The predicted octanol–water partition coefficient (Wildman–Crippen LogP) is 2.94. The van der Waals surface area contributed by atoms with E-state index in [0.717, 1.165) is 0 Å². The van der Waals surface area contributed by atoms with E-state index in [2.05, 4.69) is 16.0 Å². The Hall–Kier alpha value is -2.80. The molecule has 0 aromatic heterocycles. The van der Waals surface area contributed by atoms with E-state index in [1.165, 1.54) is 4.90 Å². The minimum atomic E-state index is -4.26. The van der Waals surface area contributed by atoms with Gasteiger partial charge in [-0.2, -0.15) is 4.39 Å². The van der Waals surface area contributed by atoms with E-state index in [-0.39, 0.29) is 25.3 Å².